The monoisotopic (exact) mass is 240 g/mol. The zero-order valence-corrected chi connectivity index (χ0v) is 10.3. The summed E-state index contributed by atoms with van der Waals surface area (Å²) in [5, 5.41) is 3.42. The molecule has 0 saturated carbocycles. The van der Waals surface area contributed by atoms with Gasteiger partial charge in [-0.1, -0.05) is 0 Å². The van der Waals surface area contributed by atoms with Gasteiger partial charge in [-0.3, -0.25) is 4.84 Å². The van der Waals surface area contributed by atoms with Gasteiger partial charge in [-0.05, 0) is 50.3 Å². The van der Waals surface area contributed by atoms with Crippen LogP contribution in [-0.2, 0) is 4.84 Å². The molecule has 0 amide bonds. The lowest BCUT2D eigenvalue weighted by Crippen LogP contribution is -2.28. The molecule has 5 heteroatoms. The fourth-order valence-corrected chi connectivity index (χ4v) is 1.27. The number of hydroxylamine groups is 1. The van der Waals surface area contributed by atoms with Gasteiger partial charge >= 0.3 is 0 Å². The van der Waals surface area contributed by atoms with E-state index in [1.165, 1.54) is 0 Å². The van der Waals surface area contributed by atoms with Gasteiger partial charge in [0.1, 0.15) is 5.75 Å². The SMILES string of the molecule is CCONC(=S)Nc1ccc(OCC)cc1. The van der Waals surface area contributed by atoms with Gasteiger partial charge in [0.2, 0.25) is 0 Å². The topological polar surface area (TPSA) is 42.5 Å². The molecule has 1 aromatic carbocycles. The lowest BCUT2D eigenvalue weighted by Gasteiger charge is -2.10. The van der Waals surface area contributed by atoms with E-state index in [2.05, 4.69) is 10.8 Å². The Labute approximate surface area is 101 Å². The molecule has 2 N–H and O–H groups in total. The van der Waals surface area contributed by atoms with E-state index in [9.17, 15) is 0 Å². The van der Waals surface area contributed by atoms with E-state index in [0.717, 1.165) is 11.4 Å². The highest BCUT2D eigenvalue weighted by molar-refractivity contribution is 7.80. The van der Waals surface area contributed by atoms with Crippen molar-refractivity contribution in [2.45, 2.75) is 13.8 Å². The third-order valence-corrected chi connectivity index (χ3v) is 1.92. The summed E-state index contributed by atoms with van der Waals surface area (Å²) in [5.41, 5.74) is 3.50. The second kappa shape index (κ2) is 7.03. The molecule has 0 unspecified atom stereocenters. The summed E-state index contributed by atoms with van der Waals surface area (Å²) in [5.74, 6) is 0.844. The third kappa shape index (κ3) is 4.46. The Bertz CT molecular complexity index is 327. The van der Waals surface area contributed by atoms with Crippen molar-refractivity contribution >= 4 is 23.0 Å². The van der Waals surface area contributed by atoms with E-state index in [-0.39, 0.29) is 0 Å². The first-order valence-electron chi connectivity index (χ1n) is 5.18. The number of nitrogens with one attached hydrogen (secondary N) is 2. The number of hydrogen-bond acceptors (Lipinski definition) is 3. The molecule has 0 bridgehead atoms. The average molecular weight is 240 g/mol. The van der Waals surface area contributed by atoms with Gasteiger partial charge in [-0.15, -0.1) is 0 Å². The summed E-state index contributed by atoms with van der Waals surface area (Å²) in [4.78, 5) is 4.95. The van der Waals surface area contributed by atoms with Crippen LogP contribution >= 0.6 is 12.2 Å². The van der Waals surface area contributed by atoms with Gasteiger partial charge in [0.15, 0.2) is 5.11 Å². The Balaban J connectivity index is 2.45. The molecule has 0 spiro atoms. The summed E-state index contributed by atoms with van der Waals surface area (Å²) in [7, 11) is 0. The standard InChI is InChI=1S/C11H16N2O2S/c1-3-14-10-7-5-9(6-8-10)12-11(16)13-15-4-2/h5-8H,3-4H2,1-2H3,(H2,12,13,16). The van der Waals surface area contributed by atoms with Gasteiger partial charge in [-0.2, -0.15) is 0 Å². The van der Waals surface area contributed by atoms with Gasteiger partial charge < -0.3 is 10.1 Å². The van der Waals surface area contributed by atoms with Crippen LogP contribution in [0.1, 0.15) is 13.8 Å². The van der Waals surface area contributed by atoms with Crippen LogP contribution in [0, 0.1) is 0 Å². The van der Waals surface area contributed by atoms with E-state index in [4.69, 9.17) is 21.8 Å². The van der Waals surface area contributed by atoms with Crippen LogP contribution in [0.4, 0.5) is 5.69 Å². The summed E-state index contributed by atoms with van der Waals surface area (Å²) in [6.07, 6.45) is 0. The maximum absolute atomic E-state index is 5.33. The van der Waals surface area contributed by atoms with Gasteiger partial charge in [0, 0.05) is 5.69 Å². The summed E-state index contributed by atoms with van der Waals surface area (Å²) >= 11 is 5.01. The smallest absolute Gasteiger partial charge is 0.195 e. The molecule has 1 rings (SSSR count). The van der Waals surface area contributed by atoms with Crippen LogP contribution in [0.5, 0.6) is 5.75 Å². The van der Waals surface area contributed by atoms with Crippen molar-refractivity contribution in [3.05, 3.63) is 24.3 Å². The van der Waals surface area contributed by atoms with Crippen molar-refractivity contribution in [3.63, 3.8) is 0 Å². The highest BCUT2D eigenvalue weighted by Crippen LogP contribution is 2.15. The Morgan fingerprint density at radius 1 is 1.19 bits per heavy atom. The van der Waals surface area contributed by atoms with E-state index in [0.29, 0.717) is 18.3 Å². The number of hydrogen-bond donors (Lipinski definition) is 2. The lowest BCUT2D eigenvalue weighted by atomic mass is 10.3. The molecule has 0 fully saturated rings. The normalized spacial score (nSPS) is 9.62. The van der Waals surface area contributed by atoms with Crippen molar-refractivity contribution in [3.8, 4) is 5.75 Å². The van der Waals surface area contributed by atoms with E-state index < -0.39 is 0 Å². The van der Waals surface area contributed by atoms with Crippen LogP contribution < -0.4 is 15.5 Å². The number of benzene rings is 1. The van der Waals surface area contributed by atoms with Crippen LogP contribution in [0.2, 0.25) is 0 Å². The number of ether oxygens (including phenoxy) is 1. The molecular weight excluding hydrogens is 224 g/mol. The lowest BCUT2D eigenvalue weighted by molar-refractivity contribution is 0.0986. The van der Waals surface area contributed by atoms with E-state index in [1.54, 1.807) is 0 Å². The summed E-state index contributed by atoms with van der Waals surface area (Å²) in [6.45, 7) is 5.06. The molecule has 0 heterocycles. The van der Waals surface area contributed by atoms with Crippen LogP contribution in [0.15, 0.2) is 24.3 Å². The Kier molecular flexibility index (Phi) is 5.60. The Morgan fingerprint density at radius 3 is 2.44 bits per heavy atom. The van der Waals surface area contributed by atoms with Crippen LogP contribution in [-0.4, -0.2) is 18.3 Å². The minimum atomic E-state index is 0.436. The predicted octanol–water partition coefficient (Wildman–Crippen LogP) is 2.32. The largest absolute Gasteiger partial charge is 0.494 e. The molecule has 0 aliphatic carbocycles. The Morgan fingerprint density at radius 2 is 1.88 bits per heavy atom. The molecule has 4 nitrogen and oxygen atoms in total. The fourth-order valence-electron chi connectivity index (χ4n) is 1.10. The number of anilines is 1. The van der Waals surface area contributed by atoms with Crippen molar-refractivity contribution in [2.75, 3.05) is 18.5 Å². The van der Waals surface area contributed by atoms with Gasteiger partial charge in [0.05, 0.1) is 13.2 Å². The molecule has 0 radical (unpaired) electrons. The minimum absolute atomic E-state index is 0.436. The molecule has 0 aromatic heterocycles. The van der Waals surface area contributed by atoms with Crippen molar-refractivity contribution in [1.82, 2.24) is 5.48 Å². The van der Waals surface area contributed by atoms with Gasteiger partial charge in [-0.25, -0.2) is 5.48 Å². The maximum Gasteiger partial charge on any atom is 0.195 e. The molecule has 88 valence electrons. The first-order valence-corrected chi connectivity index (χ1v) is 5.58. The summed E-state index contributed by atoms with van der Waals surface area (Å²) < 4.78 is 5.33. The predicted molar refractivity (Wildman–Crippen MR) is 68.6 cm³/mol. The zero-order valence-electron chi connectivity index (χ0n) is 9.45. The quantitative estimate of drug-likeness (QED) is 0.611. The second-order valence-corrected chi connectivity index (χ2v) is 3.35. The van der Waals surface area contributed by atoms with Crippen LogP contribution in [0.25, 0.3) is 0 Å². The number of rotatable bonds is 5. The van der Waals surface area contributed by atoms with Crippen molar-refractivity contribution < 1.29 is 9.57 Å². The molecule has 16 heavy (non-hydrogen) atoms. The number of thiocarbonyl (C=S) groups is 1. The highest BCUT2D eigenvalue weighted by atomic mass is 32.1. The third-order valence-electron chi connectivity index (χ3n) is 1.73. The molecule has 0 aliphatic rings. The summed E-state index contributed by atoms with van der Waals surface area (Å²) in [6, 6.07) is 7.56. The second-order valence-electron chi connectivity index (χ2n) is 2.95. The first kappa shape index (κ1) is 12.7. The molecule has 0 aliphatic heterocycles. The van der Waals surface area contributed by atoms with Crippen molar-refractivity contribution in [2.24, 2.45) is 0 Å². The van der Waals surface area contributed by atoms with Gasteiger partial charge in [0.25, 0.3) is 0 Å². The molecular formula is C11H16N2O2S. The van der Waals surface area contributed by atoms with Crippen molar-refractivity contribution in [1.29, 1.82) is 0 Å². The zero-order chi connectivity index (χ0) is 11.8. The Hall–Kier alpha value is -1.33. The van der Waals surface area contributed by atoms with E-state index in [1.807, 2.05) is 38.1 Å². The fraction of sp³-hybridized carbons (Fsp3) is 0.364. The maximum atomic E-state index is 5.33. The highest BCUT2D eigenvalue weighted by Gasteiger charge is 1.97. The first-order chi connectivity index (χ1) is 7.76. The molecule has 1 aromatic rings. The average Bonchev–Trinajstić information content (AvgIpc) is 2.29. The molecule has 0 saturated heterocycles. The van der Waals surface area contributed by atoms with Crippen LogP contribution in [0.3, 0.4) is 0 Å². The van der Waals surface area contributed by atoms with E-state index >= 15 is 0 Å². The molecule has 0 atom stereocenters. The minimum Gasteiger partial charge on any atom is -0.494 e.